The molecule has 156 valence electrons. The molecule has 3 rings (SSSR count). The summed E-state index contributed by atoms with van der Waals surface area (Å²) in [5.74, 6) is -0.509. The van der Waals surface area contributed by atoms with Gasteiger partial charge in [0.15, 0.2) is 5.16 Å². The van der Waals surface area contributed by atoms with Crippen molar-refractivity contribution in [2.45, 2.75) is 32.9 Å². The SMILES string of the molecule is CCOC(=O)c1c(NC(=O)CSc2nc(C)cc(-c3ccccc3)n2)sc(C)c1C. The summed E-state index contributed by atoms with van der Waals surface area (Å²) in [6, 6.07) is 11.8. The first-order valence-electron chi connectivity index (χ1n) is 9.50. The zero-order valence-electron chi connectivity index (χ0n) is 17.3. The van der Waals surface area contributed by atoms with Gasteiger partial charge in [-0.05, 0) is 39.3 Å². The Kier molecular flexibility index (Phi) is 7.23. The predicted octanol–water partition coefficient (Wildman–Crippen LogP) is 5.04. The maximum Gasteiger partial charge on any atom is 0.341 e. The molecular formula is C22H23N3O3S2. The molecule has 0 unspecified atom stereocenters. The van der Waals surface area contributed by atoms with Crippen molar-refractivity contribution < 1.29 is 14.3 Å². The quantitative estimate of drug-likeness (QED) is 0.314. The lowest BCUT2D eigenvalue weighted by Crippen LogP contribution is -2.16. The van der Waals surface area contributed by atoms with E-state index in [1.165, 1.54) is 23.1 Å². The Morgan fingerprint density at radius 2 is 1.87 bits per heavy atom. The Balaban J connectivity index is 1.71. The Labute approximate surface area is 184 Å². The zero-order valence-corrected chi connectivity index (χ0v) is 18.9. The van der Waals surface area contributed by atoms with Gasteiger partial charge in [0.05, 0.1) is 23.6 Å². The summed E-state index contributed by atoms with van der Waals surface area (Å²) in [6.45, 7) is 7.71. The number of aryl methyl sites for hydroxylation is 2. The number of carbonyl (C=O) groups is 2. The van der Waals surface area contributed by atoms with Gasteiger partial charge in [0.25, 0.3) is 0 Å². The second-order valence-corrected chi connectivity index (χ2v) is 8.76. The van der Waals surface area contributed by atoms with Crippen LogP contribution in [-0.4, -0.2) is 34.2 Å². The third kappa shape index (κ3) is 5.25. The van der Waals surface area contributed by atoms with Crippen molar-refractivity contribution in [2.24, 2.45) is 0 Å². The molecule has 1 amide bonds. The van der Waals surface area contributed by atoms with Gasteiger partial charge < -0.3 is 10.1 Å². The minimum Gasteiger partial charge on any atom is -0.462 e. The number of ether oxygens (including phenoxy) is 1. The molecule has 1 N–H and O–H groups in total. The molecule has 0 aliphatic rings. The highest BCUT2D eigenvalue weighted by Crippen LogP contribution is 2.33. The van der Waals surface area contributed by atoms with Crippen molar-refractivity contribution in [1.82, 2.24) is 9.97 Å². The molecule has 0 fully saturated rings. The van der Waals surface area contributed by atoms with Gasteiger partial charge in [0, 0.05) is 16.1 Å². The number of benzene rings is 1. The average Bonchev–Trinajstić information content (AvgIpc) is 3.00. The van der Waals surface area contributed by atoms with E-state index in [9.17, 15) is 9.59 Å². The van der Waals surface area contributed by atoms with Crippen molar-refractivity contribution in [3.63, 3.8) is 0 Å². The van der Waals surface area contributed by atoms with E-state index in [1.807, 2.05) is 57.2 Å². The van der Waals surface area contributed by atoms with E-state index in [-0.39, 0.29) is 18.3 Å². The number of esters is 1. The summed E-state index contributed by atoms with van der Waals surface area (Å²) >= 11 is 2.63. The molecule has 0 bridgehead atoms. The van der Waals surface area contributed by atoms with Crippen molar-refractivity contribution in [1.29, 1.82) is 0 Å². The number of thiophene rings is 1. The Morgan fingerprint density at radius 1 is 1.13 bits per heavy atom. The Bertz CT molecular complexity index is 1060. The minimum atomic E-state index is -0.420. The molecule has 6 nitrogen and oxygen atoms in total. The van der Waals surface area contributed by atoms with Crippen LogP contribution in [0.4, 0.5) is 5.00 Å². The van der Waals surface area contributed by atoms with E-state index in [2.05, 4.69) is 15.3 Å². The first kappa shape index (κ1) is 22.0. The highest BCUT2D eigenvalue weighted by molar-refractivity contribution is 7.99. The van der Waals surface area contributed by atoms with Crippen LogP contribution in [0.1, 0.15) is 33.4 Å². The number of carbonyl (C=O) groups excluding carboxylic acids is 2. The van der Waals surface area contributed by atoms with Crippen LogP contribution in [0.5, 0.6) is 0 Å². The lowest BCUT2D eigenvalue weighted by molar-refractivity contribution is -0.113. The number of aromatic nitrogens is 2. The minimum absolute atomic E-state index is 0.135. The zero-order chi connectivity index (χ0) is 21.7. The van der Waals surface area contributed by atoms with Crippen LogP contribution < -0.4 is 5.32 Å². The van der Waals surface area contributed by atoms with Crippen molar-refractivity contribution >= 4 is 40.0 Å². The fourth-order valence-electron chi connectivity index (χ4n) is 2.82. The fourth-order valence-corrected chi connectivity index (χ4v) is 4.59. The third-order valence-corrected chi connectivity index (χ3v) is 6.32. The van der Waals surface area contributed by atoms with Crippen molar-refractivity contribution in [3.05, 3.63) is 58.1 Å². The number of nitrogens with one attached hydrogen (secondary N) is 1. The van der Waals surface area contributed by atoms with Gasteiger partial charge in [-0.1, -0.05) is 42.1 Å². The molecule has 0 spiro atoms. The molecule has 1 aromatic carbocycles. The van der Waals surface area contributed by atoms with Gasteiger partial charge in [0.1, 0.15) is 5.00 Å². The molecule has 0 aliphatic heterocycles. The van der Waals surface area contributed by atoms with E-state index >= 15 is 0 Å². The van der Waals surface area contributed by atoms with Gasteiger partial charge in [-0.25, -0.2) is 14.8 Å². The van der Waals surface area contributed by atoms with E-state index in [1.54, 1.807) is 6.92 Å². The summed E-state index contributed by atoms with van der Waals surface area (Å²) in [5.41, 5.74) is 3.91. The highest BCUT2D eigenvalue weighted by atomic mass is 32.2. The number of anilines is 1. The monoisotopic (exact) mass is 441 g/mol. The largest absolute Gasteiger partial charge is 0.462 e. The average molecular weight is 442 g/mol. The first-order chi connectivity index (χ1) is 14.4. The summed E-state index contributed by atoms with van der Waals surface area (Å²) in [7, 11) is 0. The maximum atomic E-state index is 12.5. The van der Waals surface area contributed by atoms with Crippen LogP contribution in [0, 0.1) is 20.8 Å². The fraction of sp³-hybridized carbons (Fsp3) is 0.273. The van der Waals surface area contributed by atoms with Crippen LogP contribution in [0.2, 0.25) is 0 Å². The topological polar surface area (TPSA) is 81.2 Å². The van der Waals surface area contributed by atoms with E-state index in [0.717, 1.165) is 27.4 Å². The molecule has 0 saturated carbocycles. The molecular weight excluding hydrogens is 418 g/mol. The summed E-state index contributed by atoms with van der Waals surface area (Å²) in [4.78, 5) is 34.8. The lowest BCUT2D eigenvalue weighted by atomic mass is 10.1. The van der Waals surface area contributed by atoms with Crippen LogP contribution in [-0.2, 0) is 9.53 Å². The van der Waals surface area contributed by atoms with E-state index < -0.39 is 5.97 Å². The molecule has 0 radical (unpaired) electrons. The number of nitrogens with zero attached hydrogens (tertiary/aromatic N) is 2. The van der Waals surface area contributed by atoms with Crippen molar-refractivity contribution in [3.8, 4) is 11.3 Å². The van der Waals surface area contributed by atoms with Gasteiger partial charge in [-0.15, -0.1) is 11.3 Å². The molecule has 0 saturated heterocycles. The normalized spacial score (nSPS) is 10.7. The molecule has 8 heteroatoms. The van der Waals surface area contributed by atoms with Crippen LogP contribution in [0.25, 0.3) is 11.3 Å². The molecule has 3 aromatic rings. The van der Waals surface area contributed by atoms with Gasteiger partial charge >= 0.3 is 5.97 Å². The Hall–Kier alpha value is -2.71. The highest BCUT2D eigenvalue weighted by Gasteiger charge is 2.22. The van der Waals surface area contributed by atoms with Gasteiger partial charge in [-0.3, -0.25) is 4.79 Å². The predicted molar refractivity (Wildman–Crippen MR) is 121 cm³/mol. The number of hydrogen-bond donors (Lipinski definition) is 1. The maximum absolute atomic E-state index is 12.5. The van der Waals surface area contributed by atoms with Crippen LogP contribution in [0.15, 0.2) is 41.6 Å². The van der Waals surface area contributed by atoms with Crippen molar-refractivity contribution in [2.75, 3.05) is 17.7 Å². The van der Waals surface area contributed by atoms with E-state index in [0.29, 0.717) is 15.7 Å². The summed E-state index contributed by atoms with van der Waals surface area (Å²) in [6.07, 6.45) is 0. The lowest BCUT2D eigenvalue weighted by Gasteiger charge is -2.08. The van der Waals surface area contributed by atoms with Crippen LogP contribution in [0.3, 0.4) is 0 Å². The number of rotatable bonds is 7. The summed E-state index contributed by atoms with van der Waals surface area (Å²) < 4.78 is 5.13. The molecule has 0 aliphatic carbocycles. The summed E-state index contributed by atoms with van der Waals surface area (Å²) in [5, 5.41) is 3.90. The van der Waals surface area contributed by atoms with Crippen LogP contribution >= 0.6 is 23.1 Å². The molecule has 0 atom stereocenters. The smallest absolute Gasteiger partial charge is 0.341 e. The molecule has 30 heavy (non-hydrogen) atoms. The van der Waals surface area contributed by atoms with E-state index in [4.69, 9.17) is 4.74 Å². The molecule has 2 heterocycles. The van der Waals surface area contributed by atoms with Gasteiger partial charge in [0.2, 0.25) is 5.91 Å². The number of hydrogen-bond acceptors (Lipinski definition) is 7. The second kappa shape index (κ2) is 9.86. The third-order valence-electron chi connectivity index (χ3n) is 4.35. The first-order valence-corrected chi connectivity index (χ1v) is 11.3. The number of amides is 1. The second-order valence-electron chi connectivity index (χ2n) is 6.59. The number of thioether (sulfide) groups is 1. The molecule has 2 aromatic heterocycles. The standard InChI is InChI=1S/C22H23N3O3S2/c1-5-28-21(27)19-14(3)15(4)30-20(19)25-18(26)12-29-22-23-13(2)11-17(24-22)16-9-7-6-8-10-16/h6-11H,5,12H2,1-4H3,(H,25,26). The van der Waals surface area contributed by atoms with Gasteiger partial charge in [-0.2, -0.15) is 0 Å². The Morgan fingerprint density at radius 3 is 2.57 bits per heavy atom.